The van der Waals surface area contributed by atoms with Crippen LogP contribution in [0.4, 0.5) is 8.78 Å². The molecule has 0 saturated heterocycles. The standard InChI is InChI=1S/C21H17F2N3OS/c1-12(15-8-7-14(22)9-17(15)23)24-11-19-25-20(27)16-10-18(28-21(16)26-19)13-5-3-2-4-6-13/h2-10,12,24H,11H2,1H3,(H,25,26,27)/p+1/t12-/m1/s1. The number of nitrogens with two attached hydrogens (primary N) is 1. The van der Waals surface area contributed by atoms with Gasteiger partial charge >= 0.3 is 0 Å². The summed E-state index contributed by atoms with van der Waals surface area (Å²) in [6.07, 6.45) is 0. The lowest BCUT2D eigenvalue weighted by atomic mass is 10.1. The van der Waals surface area contributed by atoms with Gasteiger partial charge in [-0.15, -0.1) is 11.3 Å². The molecule has 2 aromatic carbocycles. The van der Waals surface area contributed by atoms with Crippen LogP contribution in [-0.2, 0) is 6.54 Å². The fraction of sp³-hybridized carbons (Fsp3) is 0.143. The first-order valence-electron chi connectivity index (χ1n) is 8.87. The van der Waals surface area contributed by atoms with E-state index in [1.165, 1.54) is 23.5 Å². The molecule has 4 aromatic rings. The third kappa shape index (κ3) is 3.72. The first-order valence-corrected chi connectivity index (χ1v) is 9.69. The van der Waals surface area contributed by atoms with Gasteiger partial charge in [-0.05, 0) is 30.7 Å². The molecule has 0 saturated carbocycles. The number of fused-ring (bicyclic) bond motifs is 1. The fourth-order valence-electron chi connectivity index (χ4n) is 3.10. The number of halogens is 2. The quantitative estimate of drug-likeness (QED) is 0.538. The van der Waals surface area contributed by atoms with E-state index in [0.29, 0.717) is 28.1 Å². The maximum atomic E-state index is 13.9. The summed E-state index contributed by atoms with van der Waals surface area (Å²) in [5, 5.41) is 2.41. The second kappa shape index (κ2) is 7.61. The molecule has 0 radical (unpaired) electrons. The van der Waals surface area contributed by atoms with Gasteiger partial charge in [0.1, 0.15) is 29.1 Å². The van der Waals surface area contributed by atoms with E-state index in [9.17, 15) is 13.6 Å². The van der Waals surface area contributed by atoms with E-state index >= 15 is 0 Å². The molecule has 0 fully saturated rings. The lowest BCUT2D eigenvalue weighted by Gasteiger charge is -2.11. The van der Waals surface area contributed by atoms with Gasteiger partial charge in [-0.25, -0.2) is 13.8 Å². The second-order valence-corrected chi connectivity index (χ2v) is 7.63. The summed E-state index contributed by atoms with van der Waals surface area (Å²) in [6.45, 7) is 2.20. The van der Waals surface area contributed by atoms with E-state index in [0.717, 1.165) is 16.5 Å². The summed E-state index contributed by atoms with van der Waals surface area (Å²) in [4.78, 5) is 21.5. The number of H-pyrrole nitrogens is 1. The minimum atomic E-state index is -0.600. The number of quaternary nitrogens is 1. The maximum absolute atomic E-state index is 13.9. The molecule has 7 heteroatoms. The number of nitrogens with zero attached hydrogens (tertiary/aromatic N) is 1. The van der Waals surface area contributed by atoms with Crippen molar-refractivity contribution in [3.05, 3.63) is 88.0 Å². The van der Waals surface area contributed by atoms with Crippen molar-refractivity contribution in [3.63, 3.8) is 0 Å². The molecular weight excluding hydrogens is 380 g/mol. The summed E-state index contributed by atoms with van der Waals surface area (Å²) in [7, 11) is 0. The Labute approximate surface area is 163 Å². The van der Waals surface area contributed by atoms with Crippen molar-refractivity contribution in [2.45, 2.75) is 19.5 Å². The van der Waals surface area contributed by atoms with Gasteiger partial charge in [0.15, 0.2) is 5.82 Å². The number of rotatable bonds is 5. The topological polar surface area (TPSA) is 62.4 Å². The highest BCUT2D eigenvalue weighted by Gasteiger charge is 2.16. The van der Waals surface area contributed by atoms with E-state index in [1.54, 1.807) is 0 Å². The van der Waals surface area contributed by atoms with E-state index in [4.69, 9.17) is 0 Å². The predicted octanol–water partition coefficient (Wildman–Crippen LogP) is 3.75. The van der Waals surface area contributed by atoms with Crippen LogP contribution < -0.4 is 10.9 Å². The maximum Gasteiger partial charge on any atom is 0.259 e. The van der Waals surface area contributed by atoms with E-state index < -0.39 is 11.6 Å². The van der Waals surface area contributed by atoms with Crippen LogP contribution in [-0.4, -0.2) is 9.97 Å². The summed E-state index contributed by atoms with van der Waals surface area (Å²) in [5.41, 5.74) is 1.26. The highest BCUT2D eigenvalue weighted by atomic mass is 32.1. The zero-order valence-electron chi connectivity index (χ0n) is 15.1. The average molecular weight is 398 g/mol. The van der Waals surface area contributed by atoms with Gasteiger partial charge < -0.3 is 10.3 Å². The third-order valence-corrected chi connectivity index (χ3v) is 5.71. The Morgan fingerprint density at radius 1 is 1.14 bits per heavy atom. The third-order valence-electron chi connectivity index (χ3n) is 4.63. The van der Waals surface area contributed by atoms with Gasteiger partial charge in [-0.3, -0.25) is 4.79 Å². The molecule has 0 aliphatic rings. The lowest BCUT2D eigenvalue weighted by molar-refractivity contribution is -0.709. The molecule has 28 heavy (non-hydrogen) atoms. The number of aromatic amines is 1. The number of hydrogen-bond donors (Lipinski definition) is 2. The zero-order chi connectivity index (χ0) is 19.7. The summed E-state index contributed by atoms with van der Waals surface area (Å²) in [6, 6.07) is 15.0. The Bertz CT molecular complexity index is 1190. The largest absolute Gasteiger partial charge is 0.334 e. The number of nitrogens with one attached hydrogen (secondary N) is 1. The second-order valence-electron chi connectivity index (χ2n) is 6.60. The molecule has 4 rings (SSSR count). The minimum Gasteiger partial charge on any atom is -0.334 e. The van der Waals surface area contributed by atoms with Crippen molar-refractivity contribution in [2.24, 2.45) is 0 Å². The van der Waals surface area contributed by atoms with Crippen LogP contribution in [0.5, 0.6) is 0 Å². The lowest BCUT2D eigenvalue weighted by Crippen LogP contribution is -2.83. The fourth-order valence-corrected chi connectivity index (χ4v) is 4.16. The molecule has 0 aliphatic carbocycles. The molecule has 4 nitrogen and oxygen atoms in total. The number of hydrogen-bond acceptors (Lipinski definition) is 3. The Balaban J connectivity index is 1.57. The molecular formula is C21H18F2N3OS+. The van der Waals surface area contributed by atoms with Gasteiger partial charge in [0, 0.05) is 16.5 Å². The molecule has 0 spiro atoms. The van der Waals surface area contributed by atoms with Gasteiger partial charge in [0.25, 0.3) is 5.56 Å². The Kier molecular flexibility index (Phi) is 5.02. The van der Waals surface area contributed by atoms with Gasteiger partial charge in [0.2, 0.25) is 0 Å². The molecule has 2 heterocycles. The highest BCUT2D eigenvalue weighted by molar-refractivity contribution is 7.21. The van der Waals surface area contributed by atoms with Gasteiger partial charge in [-0.1, -0.05) is 30.3 Å². The molecule has 0 bridgehead atoms. The number of thiophene rings is 1. The predicted molar refractivity (Wildman–Crippen MR) is 106 cm³/mol. The Morgan fingerprint density at radius 3 is 2.68 bits per heavy atom. The first kappa shape index (κ1) is 18.5. The minimum absolute atomic E-state index is 0.188. The molecule has 142 valence electrons. The summed E-state index contributed by atoms with van der Waals surface area (Å²) < 4.78 is 27.0. The van der Waals surface area contributed by atoms with Gasteiger partial charge in [-0.2, -0.15) is 0 Å². The van der Waals surface area contributed by atoms with Crippen molar-refractivity contribution in [3.8, 4) is 10.4 Å². The highest BCUT2D eigenvalue weighted by Crippen LogP contribution is 2.30. The van der Waals surface area contributed by atoms with Crippen LogP contribution >= 0.6 is 11.3 Å². The number of benzene rings is 2. The van der Waals surface area contributed by atoms with Crippen LogP contribution in [0.3, 0.4) is 0 Å². The molecule has 1 atom stereocenters. The van der Waals surface area contributed by atoms with Crippen molar-refractivity contribution in [1.29, 1.82) is 0 Å². The van der Waals surface area contributed by atoms with Crippen LogP contribution in [0.2, 0.25) is 0 Å². The smallest absolute Gasteiger partial charge is 0.259 e. The number of aromatic nitrogens is 2. The van der Waals surface area contributed by atoms with Gasteiger partial charge in [0.05, 0.1) is 5.39 Å². The normalized spacial score (nSPS) is 12.4. The van der Waals surface area contributed by atoms with E-state index in [1.807, 2.05) is 48.6 Å². The monoisotopic (exact) mass is 398 g/mol. The average Bonchev–Trinajstić information content (AvgIpc) is 3.12. The van der Waals surface area contributed by atoms with Crippen LogP contribution in [0.25, 0.3) is 20.7 Å². The van der Waals surface area contributed by atoms with Crippen LogP contribution in [0.15, 0.2) is 59.4 Å². The van der Waals surface area contributed by atoms with Crippen molar-refractivity contribution < 1.29 is 14.1 Å². The zero-order valence-corrected chi connectivity index (χ0v) is 15.9. The van der Waals surface area contributed by atoms with Crippen molar-refractivity contribution >= 4 is 21.6 Å². The summed E-state index contributed by atoms with van der Waals surface area (Å²) >= 11 is 1.47. The SMILES string of the molecule is C[C@@H]([NH2+]Cc1nc2sc(-c3ccccc3)cc2c(=O)[nH]1)c1ccc(F)cc1F. The molecule has 2 aromatic heterocycles. The first-order chi connectivity index (χ1) is 13.5. The molecule has 0 unspecified atom stereocenters. The Hall–Kier alpha value is -2.90. The summed E-state index contributed by atoms with van der Waals surface area (Å²) in [5.74, 6) is -0.656. The molecule has 0 aliphatic heterocycles. The van der Waals surface area contributed by atoms with Crippen molar-refractivity contribution in [1.82, 2.24) is 9.97 Å². The van der Waals surface area contributed by atoms with Crippen LogP contribution in [0, 0.1) is 11.6 Å². The Morgan fingerprint density at radius 2 is 1.93 bits per heavy atom. The molecule has 0 amide bonds. The van der Waals surface area contributed by atoms with E-state index in [-0.39, 0.29) is 11.6 Å². The van der Waals surface area contributed by atoms with Crippen LogP contribution in [0.1, 0.15) is 24.4 Å². The molecule has 3 N–H and O–H groups in total. The van der Waals surface area contributed by atoms with Crippen molar-refractivity contribution in [2.75, 3.05) is 0 Å². The van der Waals surface area contributed by atoms with E-state index in [2.05, 4.69) is 9.97 Å².